The highest BCUT2D eigenvalue weighted by Gasteiger charge is 2.14. The van der Waals surface area contributed by atoms with E-state index in [4.69, 9.17) is 5.73 Å². The normalized spacial score (nSPS) is 11.9. The molecule has 0 aliphatic carbocycles. The third-order valence-corrected chi connectivity index (χ3v) is 3.45. The second-order valence-electron chi connectivity index (χ2n) is 4.95. The zero-order chi connectivity index (χ0) is 15.6. The van der Waals surface area contributed by atoms with E-state index in [0.29, 0.717) is 11.1 Å². The van der Waals surface area contributed by atoms with Gasteiger partial charge in [0.05, 0.1) is 6.04 Å². The van der Waals surface area contributed by atoms with Gasteiger partial charge in [0, 0.05) is 16.8 Å². The highest BCUT2D eigenvalue weighted by molar-refractivity contribution is 5.95. The van der Waals surface area contributed by atoms with Crippen LogP contribution >= 0.6 is 0 Å². The Morgan fingerprint density at radius 1 is 1.24 bits per heavy atom. The second-order valence-corrected chi connectivity index (χ2v) is 4.95. The number of primary amides is 1. The molecule has 2 rings (SSSR count). The monoisotopic (exact) mass is 286 g/mol. The Balaban J connectivity index is 2.32. The zero-order valence-electron chi connectivity index (χ0n) is 11.9. The predicted molar refractivity (Wildman–Crippen MR) is 81.5 cm³/mol. The molecule has 110 valence electrons. The minimum atomic E-state index is -0.482. The summed E-state index contributed by atoms with van der Waals surface area (Å²) in [5.74, 6) is -0.306. The van der Waals surface area contributed by atoms with E-state index in [-0.39, 0.29) is 17.5 Å². The van der Waals surface area contributed by atoms with Crippen LogP contribution in [0, 0.1) is 6.92 Å². The van der Waals surface area contributed by atoms with Crippen LogP contribution in [0.1, 0.15) is 34.5 Å². The van der Waals surface area contributed by atoms with Gasteiger partial charge in [-0.25, -0.2) is 0 Å². The third-order valence-electron chi connectivity index (χ3n) is 3.45. The number of rotatable bonds is 4. The number of hydrogen-bond donors (Lipinski definition) is 4. The smallest absolute Gasteiger partial charge is 0.249 e. The lowest BCUT2D eigenvalue weighted by molar-refractivity contribution is 0.0999. The Kier molecular flexibility index (Phi) is 4.03. The van der Waals surface area contributed by atoms with Crippen molar-refractivity contribution in [2.24, 2.45) is 5.73 Å². The van der Waals surface area contributed by atoms with Crippen molar-refractivity contribution >= 4 is 11.6 Å². The maximum Gasteiger partial charge on any atom is 0.249 e. The molecule has 2 aromatic rings. The Labute approximate surface area is 123 Å². The van der Waals surface area contributed by atoms with Gasteiger partial charge < -0.3 is 21.3 Å². The number of aromatic hydroxyl groups is 2. The van der Waals surface area contributed by atoms with Gasteiger partial charge in [-0.05, 0) is 49.7 Å². The quantitative estimate of drug-likeness (QED) is 0.650. The van der Waals surface area contributed by atoms with Gasteiger partial charge in [0.15, 0.2) is 0 Å². The lowest BCUT2D eigenvalue weighted by Crippen LogP contribution is -2.15. The van der Waals surface area contributed by atoms with Crippen LogP contribution in [0.4, 0.5) is 5.69 Å². The zero-order valence-corrected chi connectivity index (χ0v) is 11.9. The largest absolute Gasteiger partial charge is 0.508 e. The van der Waals surface area contributed by atoms with E-state index in [2.05, 4.69) is 5.32 Å². The van der Waals surface area contributed by atoms with Crippen molar-refractivity contribution in [2.45, 2.75) is 19.9 Å². The molecule has 5 N–H and O–H groups in total. The molecular weight excluding hydrogens is 268 g/mol. The van der Waals surface area contributed by atoms with E-state index >= 15 is 0 Å². The fourth-order valence-corrected chi connectivity index (χ4v) is 2.26. The first-order valence-corrected chi connectivity index (χ1v) is 6.58. The topological polar surface area (TPSA) is 95.6 Å². The van der Waals surface area contributed by atoms with E-state index in [1.807, 2.05) is 13.0 Å². The van der Waals surface area contributed by atoms with Gasteiger partial charge in [0.25, 0.3) is 0 Å². The summed E-state index contributed by atoms with van der Waals surface area (Å²) in [7, 11) is 0. The van der Waals surface area contributed by atoms with Crippen molar-refractivity contribution in [3.05, 3.63) is 53.1 Å². The number of benzene rings is 2. The number of carbonyl (C=O) groups is 1. The summed E-state index contributed by atoms with van der Waals surface area (Å²) in [6.45, 7) is 3.66. The summed E-state index contributed by atoms with van der Waals surface area (Å²) in [6.07, 6.45) is 0. The van der Waals surface area contributed by atoms with Gasteiger partial charge in [-0.1, -0.05) is 6.07 Å². The summed E-state index contributed by atoms with van der Waals surface area (Å²) in [6, 6.07) is 9.35. The van der Waals surface area contributed by atoms with Crippen molar-refractivity contribution in [1.82, 2.24) is 0 Å². The molecule has 1 atom stereocenters. The van der Waals surface area contributed by atoms with Crippen LogP contribution in [0.25, 0.3) is 0 Å². The number of nitrogens with two attached hydrogens (primary N) is 1. The number of anilines is 1. The lowest BCUT2D eigenvalue weighted by atomic mass is 10.0. The molecule has 0 aromatic heterocycles. The van der Waals surface area contributed by atoms with Crippen LogP contribution in [-0.4, -0.2) is 16.1 Å². The number of amides is 1. The lowest BCUT2D eigenvalue weighted by Gasteiger charge is -2.19. The van der Waals surface area contributed by atoms with Gasteiger partial charge in [-0.3, -0.25) is 4.79 Å². The summed E-state index contributed by atoms with van der Waals surface area (Å²) in [4.78, 5) is 11.3. The standard InChI is InChI=1S/C16H18N2O3/c1-9-12(16(17)21)4-3-5-14(9)18-10(2)13-8-11(19)6-7-15(13)20/h3-8,10,18-20H,1-2H3,(H2,17,21). The van der Waals surface area contributed by atoms with Crippen molar-refractivity contribution in [1.29, 1.82) is 0 Å². The molecule has 2 aromatic carbocycles. The average molecular weight is 286 g/mol. The number of carbonyl (C=O) groups excluding carboxylic acids is 1. The fraction of sp³-hybridized carbons (Fsp3) is 0.188. The molecule has 0 bridgehead atoms. The van der Waals surface area contributed by atoms with Crippen LogP contribution in [0.3, 0.4) is 0 Å². The van der Waals surface area contributed by atoms with Crippen LogP contribution in [0.15, 0.2) is 36.4 Å². The van der Waals surface area contributed by atoms with Crippen LogP contribution in [-0.2, 0) is 0 Å². The molecule has 0 saturated carbocycles. The predicted octanol–water partition coefficient (Wildman–Crippen LogP) is 2.68. The molecule has 0 heterocycles. The molecule has 0 fully saturated rings. The molecule has 0 spiro atoms. The summed E-state index contributed by atoms with van der Waals surface area (Å²) in [5, 5.41) is 22.6. The number of nitrogens with one attached hydrogen (secondary N) is 1. The second kappa shape index (κ2) is 5.75. The van der Waals surface area contributed by atoms with E-state index in [9.17, 15) is 15.0 Å². The first kappa shape index (κ1) is 14.7. The maximum absolute atomic E-state index is 11.3. The fourth-order valence-electron chi connectivity index (χ4n) is 2.26. The molecule has 5 heteroatoms. The summed E-state index contributed by atoms with van der Waals surface area (Å²) < 4.78 is 0. The minimum absolute atomic E-state index is 0.0825. The van der Waals surface area contributed by atoms with Crippen LogP contribution in [0.5, 0.6) is 11.5 Å². The van der Waals surface area contributed by atoms with Crippen LogP contribution in [0.2, 0.25) is 0 Å². The van der Waals surface area contributed by atoms with Gasteiger partial charge in [-0.15, -0.1) is 0 Å². The van der Waals surface area contributed by atoms with Crippen LogP contribution < -0.4 is 11.1 Å². The molecule has 0 aliphatic rings. The summed E-state index contributed by atoms with van der Waals surface area (Å²) >= 11 is 0. The SMILES string of the molecule is Cc1c(NC(C)c2cc(O)ccc2O)cccc1C(N)=O. The van der Waals surface area contributed by atoms with Gasteiger partial charge in [0.2, 0.25) is 5.91 Å². The Morgan fingerprint density at radius 3 is 2.62 bits per heavy atom. The Bertz CT molecular complexity index is 683. The molecular formula is C16H18N2O3. The number of hydrogen-bond acceptors (Lipinski definition) is 4. The third kappa shape index (κ3) is 3.08. The summed E-state index contributed by atoms with van der Waals surface area (Å²) in [5.41, 5.74) is 7.85. The van der Waals surface area contributed by atoms with Crippen molar-refractivity contribution in [3.63, 3.8) is 0 Å². The van der Waals surface area contributed by atoms with E-state index < -0.39 is 5.91 Å². The molecule has 5 nitrogen and oxygen atoms in total. The molecule has 21 heavy (non-hydrogen) atoms. The molecule has 1 unspecified atom stereocenters. The van der Waals surface area contributed by atoms with E-state index in [0.717, 1.165) is 11.3 Å². The van der Waals surface area contributed by atoms with Crippen molar-refractivity contribution in [2.75, 3.05) is 5.32 Å². The van der Waals surface area contributed by atoms with Crippen molar-refractivity contribution in [3.8, 4) is 11.5 Å². The molecule has 0 saturated heterocycles. The van der Waals surface area contributed by atoms with Gasteiger partial charge in [0.1, 0.15) is 11.5 Å². The first-order chi connectivity index (χ1) is 9.90. The van der Waals surface area contributed by atoms with E-state index in [1.54, 1.807) is 19.1 Å². The Morgan fingerprint density at radius 2 is 1.95 bits per heavy atom. The number of phenolic OH excluding ortho intramolecular Hbond substituents is 2. The highest BCUT2D eigenvalue weighted by atomic mass is 16.3. The number of phenols is 2. The molecule has 0 radical (unpaired) electrons. The van der Waals surface area contributed by atoms with Crippen molar-refractivity contribution < 1.29 is 15.0 Å². The van der Waals surface area contributed by atoms with Gasteiger partial charge >= 0.3 is 0 Å². The first-order valence-electron chi connectivity index (χ1n) is 6.58. The molecule has 1 amide bonds. The minimum Gasteiger partial charge on any atom is -0.508 e. The highest BCUT2D eigenvalue weighted by Crippen LogP contribution is 2.31. The Hall–Kier alpha value is -2.69. The average Bonchev–Trinajstić information content (AvgIpc) is 2.43. The van der Waals surface area contributed by atoms with Gasteiger partial charge in [-0.2, -0.15) is 0 Å². The van der Waals surface area contributed by atoms with E-state index in [1.165, 1.54) is 18.2 Å². The maximum atomic E-state index is 11.3. The molecule has 0 aliphatic heterocycles.